The van der Waals surface area contributed by atoms with Gasteiger partial charge in [-0.1, -0.05) is 0 Å². The molecule has 4 rings (SSSR count). The zero-order chi connectivity index (χ0) is 18.5. The Hall–Kier alpha value is -2.45. The number of aromatic nitrogens is 3. The predicted octanol–water partition coefficient (Wildman–Crippen LogP) is 1.92. The molecular weight excluding hydrogens is 344 g/mol. The fraction of sp³-hybridized carbons (Fsp3) is 0.526. The highest BCUT2D eigenvalue weighted by atomic mass is 16.5. The standard InChI is InChI=1S/C19H26N6O2/c1-26-18-12-15(23-19-21-13-20-14-22-19)2-3-17(18)25-6-4-16(5-7-25)24-8-10-27-11-9-24/h2-3,12-14,16H,4-11H2,1H3,(H,20,21,22,23). The fourth-order valence-corrected chi connectivity index (χ4v) is 3.86. The molecule has 1 N–H and O–H groups in total. The molecule has 2 saturated heterocycles. The molecule has 2 aromatic rings. The Kier molecular flexibility index (Phi) is 5.64. The number of hydrogen-bond acceptors (Lipinski definition) is 8. The van der Waals surface area contributed by atoms with Gasteiger partial charge < -0.3 is 19.7 Å². The summed E-state index contributed by atoms with van der Waals surface area (Å²) < 4.78 is 11.1. The Labute approximate surface area is 159 Å². The minimum absolute atomic E-state index is 0.520. The average Bonchev–Trinajstić information content (AvgIpc) is 2.75. The van der Waals surface area contributed by atoms with E-state index in [1.165, 1.54) is 25.5 Å². The van der Waals surface area contributed by atoms with E-state index < -0.39 is 0 Å². The molecule has 0 radical (unpaired) electrons. The molecule has 144 valence electrons. The first-order valence-electron chi connectivity index (χ1n) is 9.47. The van der Waals surface area contributed by atoms with Crippen molar-refractivity contribution in [1.29, 1.82) is 0 Å². The molecule has 1 aromatic carbocycles. The summed E-state index contributed by atoms with van der Waals surface area (Å²) in [6.45, 7) is 5.93. The molecule has 2 aliphatic rings. The van der Waals surface area contributed by atoms with Gasteiger partial charge in [0.2, 0.25) is 5.95 Å². The first kappa shape index (κ1) is 17.9. The number of anilines is 3. The molecule has 8 heteroatoms. The molecule has 2 fully saturated rings. The highest BCUT2D eigenvalue weighted by Crippen LogP contribution is 2.34. The minimum Gasteiger partial charge on any atom is -0.495 e. The van der Waals surface area contributed by atoms with Crippen molar-refractivity contribution in [2.45, 2.75) is 18.9 Å². The van der Waals surface area contributed by atoms with Gasteiger partial charge in [-0.05, 0) is 25.0 Å². The number of ether oxygens (including phenoxy) is 2. The summed E-state index contributed by atoms with van der Waals surface area (Å²) in [5, 5.41) is 3.18. The topological polar surface area (TPSA) is 75.6 Å². The summed E-state index contributed by atoms with van der Waals surface area (Å²) in [6.07, 6.45) is 5.29. The van der Waals surface area contributed by atoms with Crippen molar-refractivity contribution in [2.75, 3.05) is 56.7 Å². The summed E-state index contributed by atoms with van der Waals surface area (Å²) in [4.78, 5) is 17.0. The van der Waals surface area contributed by atoms with E-state index in [0.717, 1.165) is 56.5 Å². The largest absolute Gasteiger partial charge is 0.495 e. The van der Waals surface area contributed by atoms with Crippen molar-refractivity contribution in [3.63, 3.8) is 0 Å². The molecule has 0 atom stereocenters. The van der Waals surface area contributed by atoms with Crippen molar-refractivity contribution in [3.05, 3.63) is 30.9 Å². The second-order valence-corrected chi connectivity index (χ2v) is 6.84. The van der Waals surface area contributed by atoms with Gasteiger partial charge in [0.1, 0.15) is 18.4 Å². The third-order valence-corrected chi connectivity index (χ3v) is 5.30. The Morgan fingerprint density at radius 1 is 1.07 bits per heavy atom. The first-order chi connectivity index (χ1) is 13.3. The molecule has 0 spiro atoms. The molecule has 3 heterocycles. The molecule has 0 aliphatic carbocycles. The van der Waals surface area contributed by atoms with Crippen molar-refractivity contribution >= 4 is 17.3 Å². The van der Waals surface area contributed by atoms with E-state index in [-0.39, 0.29) is 0 Å². The molecule has 0 unspecified atom stereocenters. The number of nitrogens with one attached hydrogen (secondary N) is 1. The lowest BCUT2D eigenvalue weighted by atomic mass is 10.0. The van der Waals surface area contributed by atoms with Crippen LogP contribution in [-0.2, 0) is 4.74 Å². The highest BCUT2D eigenvalue weighted by molar-refractivity contribution is 5.67. The maximum absolute atomic E-state index is 5.66. The van der Waals surface area contributed by atoms with Crippen LogP contribution in [0.15, 0.2) is 30.9 Å². The van der Waals surface area contributed by atoms with E-state index in [2.05, 4.69) is 36.1 Å². The highest BCUT2D eigenvalue weighted by Gasteiger charge is 2.27. The summed E-state index contributed by atoms with van der Waals surface area (Å²) in [7, 11) is 1.71. The van der Waals surface area contributed by atoms with E-state index in [9.17, 15) is 0 Å². The van der Waals surface area contributed by atoms with Crippen LogP contribution in [0, 0.1) is 0 Å². The Morgan fingerprint density at radius 2 is 1.81 bits per heavy atom. The Balaban J connectivity index is 1.41. The lowest BCUT2D eigenvalue weighted by Crippen LogP contribution is -2.49. The number of benzene rings is 1. The van der Waals surface area contributed by atoms with Crippen molar-refractivity contribution in [1.82, 2.24) is 19.9 Å². The van der Waals surface area contributed by atoms with Crippen LogP contribution in [0.5, 0.6) is 5.75 Å². The van der Waals surface area contributed by atoms with E-state index in [0.29, 0.717) is 12.0 Å². The SMILES string of the molecule is COc1cc(Nc2ncncn2)ccc1N1CCC(N2CCOCC2)CC1. The second kappa shape index (κ2) is 8.49. The van der Waals surface area contributed by atoms with Crippen molar-refractivity contribution in [2.24, 2.45) is 0 Å². The molecule has 0 bridgehead atoms. The van der Waals surface area contributed by atoms with Gasteiger partial charge in [0.15, 0.2) is 0 Å². The monoisotopic (exact) mass is 370 g/mol. The average molecular weight is 370 g/mol. The van der Waals surface area contributed by atoms with Gasteiger partial charge in [0, 0.05) is 44.0 Å². The summed E-state index contributed by atoms with van der Waals surface area (Å²) in [6, 6.07) is 6.81. The van der Waals surface area contributed by atoms with Gasteiger partial charge in [-0.2, -0.15) is 0 Å². The number of methoxy groups -OCH3 is 1. The van der Waals surface area contributed by atoms with Crippen LogP contribution in [0.1, 0.15) is 12.8 Å². The zero-order valence-corrected chi connectivity index (χ0v) is 15.7. The van der Waals surface area contributed by atoms with E-state index in [1.54, 1.807) is 7.11 Å². The van der Waals surface area contributed by atoms with Crippen LogP contribution in [0.2, 0.25) is 0 Å². The third kappa shape index (κ3) is 4.28. The zero-order valence-electron chi connectivity index (χ0n) is 15.7. The first-order valence-corrected chi connectivity index (χ1v) is 9.47. The molecule has 0 saturated carbocycles. The fourth-order valence-electron chi connectivity index (χ4n) is 3.86. The summed E-state index contributed by atoms with van der Waals surface area (Å²) in [5.74, 6) is 1.38. The lowest BCUT2D eigenvalue weighted by Gasteiger charge is -2.41. The van der Waals surface area contributed by atoms with Crippen LogP contribution in [0.4, 0.5) is 17.3 Å². The third-order valence-electron chi connectivity index (χ3n) is 5.30. The van der Waals surface area contributed by atoms with Crippen molar-refractivity contribution < 1.29 is 9.47 Å². The maximum Gasteiger partial charge on any atom is 0.230 e. The molecule has 0 amide bonds. The quantitative estimate of drug-likeness (QED) is 0.856. The van der Waals surface area contributed by atoms with Crippen LogP contribution < -0.4 is 15.0 Å². The normalized spacial score (nSPS) is 19.1. The molecular formula is C19H26N6O2. The molecule has 8 nitrogen and oxygen atoms in total. The van der Waals surface area contributed by atoms with Gasteiger partial charge in [-0.15, -0.1) is 0 Å². The number of piperidine rings is 1. The number of morpholine rings is 1. The second-order valence-electron chi connectivity index (χ2n) is 6.84. The molecule has 2 aliphatic heterocycles. The maximum atomic E-state index is 5.66. The van der Waals surface area contributed by atoms with Gasteiger partial charge >= 0.3 is 0 Å². The van der Waals surface area contributed by atoms with E-state index in [4.69, 9.17) is 9.47 Å². The lowest BCUT2D eigenvalue weighted by molar-refractivity contribution is 0.0115. The Bertz CT molecular complexity index is 730. The predicted molar refractivity (Wildman–Crippen MR) is 104 cm³/mol. The molecule has 1 aromatic heterocycles. The van der Waals surface area contributed by atoms with E-state index >= 15 is 0 Å². The Morgan fingerprint density at radius 3 is 2.52 bits per heavy atom. The van der Waals surface area contributed by atoms with Crippen LogP contribution >= 0.6 is 0 Å². The van der Waals surface area contributed by atoms with E-state index in [1.807, 2.05) is 12.1 Å². The summed E-state index contributed by atoms with van der Waals surface area (Å²) in [5.41, 5.74) is 2.03. The van der Waals surface area contributed by atoms with Crippen molar-refractivity contribution in [3.8, 4) is 5.75 Å². The summed E-state index contributed by atoms with van der Waals surface area (Å²) >= 11 is 0. The minimum atomic E-state index is 0.520. The van der Waals surface area contributed by atoms with Crippen LogP contribution in [0.25, 0.3) is 0 Å². The number of nitrogens with zero attached hydrogens (tertiary/aromatic N) is 5. The molecule has 27 heavy (non-hydrogen) atoms. The van der Waals surface area contributed by atoms with Gasteiger partial charge in [0.05, 0.1) is 26.0 Å². The smallest absolute Gasteiger partial charge is 0.230 e. The van der Waals surface area contributed by atoms with Gasteiger partial charge in [-0.3, -0.25) is 4.90 Å². The number of rotatable bonds is 5. The number of hydrogen-bond donors (Lipinski definition) is 1. The van der Waals surface area contributed by atoms with Gasteiger partial charge in [0.25, 0.3) is 0 Å². The van der Waals surface area contributed by atoms with Gasteiger partial charge in [-0.25, -0.2) is 15.0 Å². The van der Waals surface area contributed by atoms with Crippen LogP contribution in [-0.4, -0.2) is 72.4 Å². The van der Waals surface area contributed by atoms with Crippen LogP contribution in [0.3, 0.4) is 0 Å².